The molecule has 116 valence electrons. The molecular formula is C13H25N3O4. The zero-order valence-corrected chi connectivity index (χ0v) is 12.6. The quantitative estimate of drug-likeness (QED) is 0.275. The van der Waals surface area contributed by atoms with E-state index in [1.807, 2.05) is 0 Å². The highest BCUT2D eigenvalue weighted by Crippen LogP contribution is 2.16. The zero-order valence-electron chi connectivity index (χ0n) is 12.6. The second-order valence-corrected chi connectivity index (χ2v) is 5.50. The number of nitrogens with two attached hydrogens (primary N) is 1. The average Bonchev–Trinajstić information content (AvgIpc) is 2.29. The lowest BCUT2D eigenvalue weighted by Gasteiger charge is -2.21. The molecule has 0 amide bonds. The van der Waals surface area contributed by atoms with Gasteiger partial charge in [-0.1, -0.05) is 0 Å². The highest BCUT2D eigenvalue weighted by molar-refractivity contribution is 5.79. The van der Waals surface area contributed by atoms with Crippen LogP contribution in [0.5, 0.6) is 0 Å². The molecule has 20 heavy (non-hydrogen) atoms. The van der Waals surface area contributed by atoms with Crippen LogP contribution in [0.3, 0.4) is 0 Å². The van der Waals surface area contributed by atoms with Crippen LogP contribution in [0.25, 0.3) is 0 Å². The molecule has 0 saturated heterocycles. The number of carboxylic acids is 1. The van der Waals surface area contributed by atoms with E-state index in [2.05, 4.69) is 10.3 Å². The van der Waals surface area contributed by atoms with Crippen LogP contribution in [0.15, 0.2) is 4.99 Å². The maximum absolute atomic E-state index is 11.6. The van der Waals surface area contributed by atoms with E-state index >= 15 is 0 Å². The fraction of sp³-hybridized carbons (Fsp3) is 0.769. The monoisotopic (exact) mass is 287 g/mol. The Hall–Kier alpha value is -1.79. The van der Waals surface area contributed by atoms with E-state index in [-0.39, 0.29) is 6.42 Å². The number of carbonyl (C=O) groups is 2. The third kappa shape index (κ3) is 9.18. The Balaban J connectivity index is 4.18. The van der Waals surface area contributed by atoms with Crippen LogP contribution in [-0.2, 0) is 14.3 Å². The minimum absolute atomic E-state index is 0.121. The highest BCUT2D eigenvalue weighted by Gasteiger charge is 2.24. The van der Waals surface area contributed by atoms with Crippen molar-refractivity contribution in [3.63, 3.8) is 0 Å². The van der Waals surface area contributed by atoms with Crippen LogP contribution in [0.1, 0.15) is 40.0 Å². The summed E-state index contributed by atoms with van der Waals surface area (Å²) >= 11 is 0. The standard InChI is InChI=1S/C13H25N3O4/c1-13(2,3)20-10(17)8-9(11(18)19)6-5-7-16-12(14)15-4/h9H,5-8H2,1-4H3,(H,18,19)(H3,14,15,16)/t9-/m1/s1. The van der Waals surface area contributed by atoms with E-state index in [1.54, 1.807) is 27.8 Å². The SMILES string of the molecule is CN=C(N)NCCC[C@H](CC(=O)OC(C)(C)C)C(=O)O. The molecule has 0 aliphatic heterocycles. The van der Waals surface area contributed by atoms with Crippen LogP contribution in [0.4, 0.5) is 0 Å². The smallest absolute Gasteiger partial charge is 0.307 e. The summed E-state index contributed by atoms with van der Waals surface area (Å²) in [5, 5.41) is 11.9. The Morgan fingerprint density at radius 2 is 2.00 bits per heavy atom. The number of nitrogens with zero attached hydrogens (tertiary/aromatic N) is 1. The summed E-state index contributed by atoms with van der Waals surface area (Å²) in [5.41, 5.74) is 4.84. The molecule has 0 aromatic heterocycles. The first kappa shape index (κ1) is 18.2. The molecule has 0 aromatic carbocycles. The first-order chi connectivity index (χ1) is 9.15. The number of rotatable bonds is 7. The van der Waals surface area contributed by atoms with Crippen molar-refractivity contribution in [1.82, 2.24) is 5.32 Å². The number of esters is 1. The lowest BCUT2D eigenvalue weighted by Crippen LogP contribution is -2.32. The second-order valence-electron chi connectivity index (χ2n) is 5.50. The third-order valence-corrected chi connectivity index (χ3v) is 2.46. The van der Waals surface area contributed by atoms with Gasteiger partial charge in [0.25, 0.3) is 0 Å². The van der Waals surface area contributed by atoms with Gasteiger partial charge in [0, 0.05) is 13.6 Å². The van der Waals surface area contributed by atoms with Gasteiger partial charge < -0.3 is 20.9 Å². The normalized spacial score (nSPS) is 13.7. The lowest BCUT2D eigenvalue weighted by molar-refractivity contribution is -0.160. The van der Waals surface area contributed by atoms with Gasteiger partial charge in [-0.15, -0.1) is 0 Å². The zero-order chi connectivity index (χ0) is 15.8. The summed E-state index contributed by atoms with van der Waals surface area (Å²) in [4.78, 5) is 26.5. The maximum Gasteiger partial charge on any atom is 0.307 e. The molecule has 0 heterocycles. The van der Waals surface area contributed by atoms with Crippen molar-refractivity contribution in [1.29, 1.82) is 0 Å². The number of hydrogen-bond donors (Lipinski definition) is 3. The second kappa shape index (κ2) is 8.39. The molecular weight excluding hydrogens is 262 g/mol. The molecule has 0 fully saturated rings. The van der Waals surface area contributed by atoms with Crippen molar-refractivity contribution in [2.24, 2.45) is 16.6 Å². The first-order valence-corrected chi connectivity index (χ1v) is 6.56. The summed E-state index contributed by atoms with van der Waals surface area (Å²) in [7, 11) is 1.56. The van der Waals surface area contributed by atoms with Crippen molar-refractivity contribution in [2.75, 3.05) is 13.6 Å². The van der Waals surface area contributed by atoms with Crippen molar-refractivity contribution >= 4 is 17.9 Å². The molecule has 7 nitrogen and oxygen atoms in total. The number of carbonyl (C=O) groups excluding carboxylic acids is 1. The van der Waals surface area contributed by atoms with Crippen molar-refractivity contribution in [3.05, 3.63) is 0 Å². The van der Waals surface area contributed by atoms with Gasteiger partial charge in [0.1, 0.15) is 5.60 Å². The Bertz CT molecular complexity index is 361. The fourth-order valence-electron chi connectivity index (χ4n) is 1.54. The number of guanidine groups is 1. The van der Waals surface area contributed by atoms with Crippen LogP contribution >= 0.6 is 0 Å². The topological polar surface area (TPSA) is 114 Å². The highest BCUT2D eigenvalue weighted by atomic mass is 16.6. The minimum Gasteiger partial charge on any atom is -0.481 e. The van der Waals surface area contributed by atoms with Crippen molar-refractivity contribution < 1.29 is 19.4 Å². The Labute approximate surface area is 119 Å². The van der Waals surface area contributed by atoms with Gasteiger partial charge in [0.05, 0.1) is 12.3 Å². The predicted octanol–water partition coefficient (Wildman–Crippen LogP) is 0.733. The van der Waals surface area contributed by atoms with Gasteiger partial charge in [-0.05, 0) is 33.6 Å². The lowest BCUT2D eigenvalue weighted by atomic mass is 9.99. The fourth-order valence-corrected chi connectivity index (χ4v) is 1.54. The van der Waals surface area contributed by atoms with Gasteiger partial charge in [-0.25, -0.2) is 0 Å². The van der Waals surface area contributed by atoms with E-state index in [9.17, 15) is 9.59 Å². The third-order valence-electron chi connectivity index (χ3n) is 2.46. The van der Waals surface area contributed by atoms with Crippen LogP contribution < -0.4 is 11.1 Å². The van der Waals surface area contributed by atoms with E-state index in [1.165, 1.54) is 0 Å². The van der Waals surface area contributed by atoms with Gasteiger partial charge in [-0.2, -0.15) is 0 Å². The number of aliphatic carboxylic acids is 1. The molecule has 4 N–H and O–H groups in total. The summed E-state index contributed by atoms with van der Waals surface area (Å²) < 4.78 is 5.12. The van der Waals surface area contributed by atoms with E-state index in [4.69, 9.17) is 15.6 Å². The van der Waals surface area contributed by atoms with E-state index in [0.717, 1.165) is 0 Å². The molecule has 0 bridgehead atoms. The maximum atomic E-state index is 11.6. The molecule has 0 aliphatic rings. The molecule has 0 aliphatic carbocycles. The Morgan fingerprint density at radius 3 is 2.45 bits per heavy atom. The average molecular weight is 287 g/mol. The minimum atomic E-state index is -0.993. The molecule has 1 atom stereocenters. The number of nitrogens with one attached hydrogen (secondary N) is 1. The van der Waals surface area contributed by atoms with Crippen molar-refractivity contribution in [3.8, 4) is 0 Å². The van der Waals surface area contributed by atoms with Gasteiger partial charge in [0.2, 0.25) is 0 Å². The largest absolute Gasteiger partial charge is 0.481 e. The molecule has 0 spiro atoms. The van der Waals surface area contributed by atoms with E-state index in [0.29, 0.717) is 25.3 Å². The van der Waals surface area contributed by atoms with Gasteiger partial charge in [0.15, 0.2) is 5.96 Å². The summed E-state index contributed by atoms with van der Waals surface area (Å²) in [6, 6.07) is 0. The Kier molecular flexibility index (Phi) is 7.64. The summed E-state index contributed by atoms with van der Waals surface area (Å²) in [6.07, 6.45) is 0.832. The molecule has 0 aromatic rings. The Morgan fingerprint density at radius 1 is 1.40 bits per heavy atom. The van der Waals surface area contributed by atoms with E-state index < -0.39 is 23.5 Å². The molecule has 7 heteroatoms. The molecule has 0 radical (unpaired) electrons. The van der Waals surface area contributed by atoms with Crippen LogP contribution in [0.2, 0.25) is 0 Å². The number of aliphatic imine (C=N–C) groups is 1. The molecule has 0 saturated carbocycles. The van der Waals surface area contributed by atoms with Crippen LogP contribution in [-0.4, -0.2) is 42.2 Å². The number of carboxylic acid groups (broad SMARTS) is 1. The summed E-state index contributed by atoms with van der Waals surface area (Å²) in [5.74, 6) is -1.92. The van der Waals surface area contributed by atoms with Gasteiger partial charge in [-0.3, -0.25) is 14.6 Å². The molecule has 0 unspecified atom stereocenters. The number of hydrogen-bond acceptors (Lipinski definition) is 4. The first-order valence-electron chi connectivity index (χ1n) is 6.56. The number of ether oxygens (including phenoxy) is 1. The summed E-state index contributed by atoms with van der Waals surface area (Å²) in [6.45, 7) is 5.76. The predicted molar refractivity (Wildman–Crippen MR) is 76.4 cm³/mol. The van der Waals surface area contributed by atoms with Gasteiger partial charge >= 0.3 is 11.9 Å². The molecule has 0 rings (SSSR count). The van der Waals surface area contributed by atoms with Crippen molar-refractivity contribution in [2.45, 2.75) is 45.6 Å². The van der Waals surface area contributed by atoms with Crippen LogP contribution in [0, 0.1) is 5.92 Å².